The number of hydrogen-bond donors (Lipinski definition) is 3. The van der Waals surface area contributed by atoms with Crippen molar-refractivity contribution in [1.29, 1.82) is 0 Å². The maximum Gasteiger partial charge on any atom is 0.407 e. The molecule has 4 aromatic rings. The number of alkyl halides is 3. The van der Waals surface area contributed by atoms with Crippen molar-refractivity contribution in [3.63, 3.8) is 0 Å². The van der Waals surface area contributed by atoms with E-state index in [-0.39, 0.29) is 63.3 Å². The molecular formula is C37H36ClF4N7O6S. The van der Waals surface area contributed by atoms with E-state index in [9.17, 15) is 27.1 Å². The van der Waals surface area contributed by atoms with Crippen LogP contribution in [0.5, 0.6) is 0 Å². The molecule has 2 amide bonds. The summed E-state index contributed by atoms with van der Waals surface area (Å²) in [6, 6.07) is 12.9. The minimum atomic E-state index is -4.23. The normalized spacial score (nSPS) is 22.6. The zero-order valence-electron chi connectivity index (χ0n) is 30.4. The Morgan fingerprint density at radius 2 is 1.80 bits per heavy atom. The molecule has 3 atom stereocenters. The molecule has 1 aromatic heterocycles. The number of alkyl carbamates (subject to hydrolysis) is 1. The third-order valence-electron chi connectivity index (χ3n) is 9.95. The summed E-state index contributed by atoms with van der Waals surface area (Å²) >= 11 is 6.53. The third kappa shape index (κ3) is 7.09. The van der Waals surface area contributed by atoms with Crippen LogP contribution in [0.3, 0.4) is 0 Å². The Morgan fingerprint density at radius 1 is 1.11 bits per heavy atom. The van der Waals surface area contributed by atoms with Gasteiger partial charge in [-0.25, -0.2) is 36.7 Å². The number of guanidine groups is 1. The average Bonchev–Trinajstić information content (AvgIpc) is 3.65. The summed E-state index contributed by atoms with van der Waals surface area (Å²) in [4.78, 5) is 37.6. The van der Waals surface area contributed by atoms with Crippen LogP contribution in [0, 0.1) is 11.2 Å². The number of halogens is 5. The number of aliphatic hydroxyl groups is 1. The fourth-order valence-corrected chi connectivity index (χ4v) is 7.92. The molecule has 2 bridgehead atoms. The van der Waals surface area contributed by atoms with Gasteiger partial charge in [0, 0.05) is 11.8 Å². The van der Waals surface area contributed by atoms with E-state index >= 15 is 13.6 Å². The van der Waals surface area contributed by atoms with Crippen LogP contribution in [-0.4, -0.2) is 75.7 Å². The molecule has 7 rings (SSSR count). The van der Waals surface area contributed by atoms with Crippen LogP contribution in [0.15, 0.2) is 76.9 Å². The average molecular weight is 818 g/mol. The number of aromatic nitrogens is 3. The van der Waals surface area contributed by atoms with Crippen molar-refractivity contribution in [1.82, 2.24) is 30.3 Å². The first-order valence-electron chi connectivity index (χ1n) is 17.3. The van der Waals surface area contributed by atoms with E-state index in [1.807, 2.05) is 26.1 Å². The summed E-state index contributed by atoms with van der Waals surface area (Å²) in [6.45, 7) is 4.84. The summed E-state index contributed by atoms with van der Waals surface area (Å²) < 4.78 is 91.0. The lowest BCUT2D eigenvalue weighted by Crippen LogP contribution is -2.50. The smallest absolute Gasteiger partial charge is 0.407 e. The molecule has 296 valence electrons. The van der Waals surface area contributed by atoms with Crippen molar-refractivity contribution in [3.05, 3.63) is 94.8 Å². The zero-order valence-corrected chi connectivity index (χ0v) is 31.9. The molecule has 19 heteroatoms. The standard InChI is InChI=1S/C37H36ClF4N7O6S/c1-34(2,3)18-36(22-8-11-24(26(39)16-22)20-5-9-23(10-6-20)56(4,53)54)31(50)48-28(17-55-33(51)47-35(13-14-35)37(41,42)52)21-7-12-25(38)27(15-21)49-30(43-19-44-49)29(40)45-32(48)46-36/h5-12,15-16,19,28-29,52H,13-14,17-18H2,1-4H3,(H,45,46)(H,47,51)/t28-,29?,36-/m1/s1. The van der Waals surface area contributed by atoms with E-state index in [1.54, 1.807) is 0 Å². The number of nitrogens with zero attached hydrogens (tertiary/aromatic N) is 5. The third-order valence-corrected chi connectivity index (χ3v) is 11.4. The van der Waals surface area contributed by atoms with Crippen LogP contribution >= 0.6 is 11.6 Å². The van der Waals surface area contributed by atoms with Gasteiger partial charge in [0.2, 0.25) is 5.96 Å². The number of hydrogen-bond acceptors (Lipinski definition) is 10. The number of rotatable bonds is 8. The van der Waals surface area contributed by atoms with Crippen molar-refractivity contribution >= 4 is 39.4 Å². The van der Waals surface area contributed by atoms with Crippen LogP contribution in [-0.2, 0) is 24.9 Å². The van der Waals surface area contributed by atoms with E-state index in [0.29, 0.717) is 5.56 Å². The quantitative estimate of drug-likeness (QED) is 0.140. The SMILES string of the molecule is CC(C)(C)C[C@]1(c2ccc(-c3ccc(S(C)(=O)=O)cc3)c(F)c2)N/C2=N\C(F)c3ncnn3-c3cc(ccc3Cl)[C@@H](COC(=O)NC3(C(O)(F)F)CC3)N2C1=O. The topological polar surface area (TPSA) is 168 Å². The number of carbonyl (C=O) groups excluding carboxylic acids is 2. The van der Waals surface area contributed by atoms with Gasteiger partial charge >= 0.3 is 12.2 Å². The van der Waals surface area contributed by atoms with Gasteiger partial charge in [-0.3, -0.25) is 9.69 Å². The summed E-state index contributed by atoms with van der Waals surface area (Å²) in [5.74, 6) is -2.12. The van der Waals surface area contributed by atoms with E-state index in [2.05, 4.69) is 20.4 Å². The number of nitrogens with one attached hydrogen (secondary N) is 2. The Labute approximate surface area is 323 Å². The number of carbonyl (C=O) groups is 2. The molecule has 3 heterocycles. The number of aliphatic imine (C=N–C) groups is 1. The van der Waals surface area contributed by atoms with Crippen LogP contribution in [0.25, 0.3) is 16.8 Å². The lowest BCUT2D eigenvalue weighted by Gasteiger charge is -2.35. The fourth-order valence-electron chi connectivity index (χ4n) is 7.09. The number of benzene rings is 3. The Morgan fingerprint density at radius 3 is 2.41 bits per heavy atom. The van der Waals surface area contributed by atoms with Gasteiger partial charge in [0.05, 0.1) is 21.6 Å². The van der Waals surface area contributed by atoms with E-state index in [4.69, 9.17) is 16.3 Å². The van der Waals surface area contributed by atoms with E-state index in [0.717, 1.165) is 28.2 Å². The zero-order chi connectivity index (χ0) is 40.6. The Bertz CT molecular complexity index is 2380. The Hall–Kier alpha value is -5.07. The molecule has 1 saturated heterocycles. The second-order valence-corrected chi connectivity index (χ2v) is 17.7. The van der Waals surface area contributed by atoms with Crippen LogP contribution < -0.4 is 10.6 Å². The molecular weight excluding hydrogens is 782 g/mol. The molecule has 2 fully saturated rings. The molecule has 56 heavy (non-hydrogen) atoms. The maximum atomic E-state index is 16.3. The fraction of sp³-hybridized carbons (Fsp3) is 0.378. The first-order chi connectivity index (χ1) is 26.1. The number of ether oxygens (including phenoxy) is 1. The minimum absolute atomic E-state index is 0.00261. The molecule has 2 aliphatic heterocycles. The van der Waals surface area contributed by atoms with Crippen LogP contribution in [0.4, 0.5) is 22.4 Å². The lowest BCUT2D eigenvalue weighted by atomic mass is 9.75. The van der Waals surface area contributed by atoms with Gasteiger partial charge in [-0.05, 0) is 71.7 Å². The summed E-state index contributed by atoms with van der Waals surface area (Å²) in [5, 5.41) is 18.7. The number of fused-ring (bicyclic) bond motifs is 5. The maximum absolute atomic E-state index is 16.3. The van der Waals surface area contributed by atoms with Gasteiger partial charge in [0.1, 0.15) is 29.8 Å². The largest absolute Gasteiger partial charge is 0.447 e. The Kier molecular flexibility index (Phi) is 9.48. The van der Waals surface area contributed by atoms with E-state index < -0.39 is 69.2 Å². The molecule has 1 unspecified atom stereocenters. The van der Waals surface area contributed by atoms with Crippen molar-refractivity contribution in [3.8, 4) is 16.8 Å². The van der Waals surface area contributed by atoms with Gasteiger partial charge < -0.3 is 20.5 Å². The summed E-state index contributed by atoms with van der Waals surface area (Å²) in [7, 11) is -3.51. The predicted octanol–water partition coefficient (Wildman–Crippen LogP) is 6.12. The second-order valence-electron chi connectivity index (χ2n) is 15.3. The van der Waals surface area contributed by atoms with Crippen molar-refractivity contribution in [2.75, 3.05) is 12.9 Å². The molecule has 13 nitrogen and oxygen atoms in total. The molecule has 3 N–H and O–H groups in total. The first kappa shape index (κ1) is 39.2. The monoisotopic (exact) mass is 817 g/mol. The molecule has 1 aliphatic carbocycles. The van der Waals surface area contributed by atoms with Crippen molar-refractivity contribution in [2.24, 2.45) is 10.4 Å². The molecule has 0 spiro atoms. The molecule has 3 aromatic carbocycles. The van der Waals surface area contributed by atoms with Gasteiger partial charge in [-0.2, -0.15) is 13.9 Å². The summed E-state index contributed by atoms with van der Waals surface area (Å²) in [6.07, 6.45) is -6.08. The number of sulfone groups is 1. The van der Waals surface area contributed by atoms with Crippen LogP contribution in [0.1, 0.15) is 69.3 Å². The first-order valence-corrected chi connectivity index (χ1v) is 19.6. The highest BCUT2D eigenvalue weighted by Crippen LogP contribution is 2.47. The van der Waals surface area contributed by atoms with Crippen LogP contribution in [0.2, 0.25) is 5.02 Å². The second kappa shape index (κ2) is 13.5. The highest BCUT2D eigenvalue weighted by Gasteiger charge is 2.63. The van der Waals surface area contributed by atoms with Crippen molar-refractivity contribution in [2.45, 2.75) is 74.5 Å². The molecule has 3 aliphatic rings. The molecule has 0 radical (unpaired) electrons. The van der Waals surface area contributed by atoms with Gasteiger partial charge in [-0.1, -0.05) is 62.7 Å². The van der Waals surface area contributed by atoms with Gasteiger partial charge in [0.15, 0.2) is 15.7 Å². The predicted molar refractivity (Wildman–Crippen MR) is 195 cm³/mol. The minimum Gasteiger partial charge on any atom is -0.447 e. The van der Waals surface area contributed by atoms with Crippen molar-refractivity contribution < 1.29 is 45.4 Å². The van der Waals surface area contributed by atoms with Gasteiger partial charge in [-0.15, -0.1) is 0 Å². The highest BCUT2D eigenvalue weighted by molar-refractivity contribution is 7.90. The lowest BCUT2D eigenvalue weighted by molar-refractivity contribution is -0.227. The number of amides is 2. The van der Waals surface area contributed by atoms with Gasteiger partial charge in [0.25, 0.3) is 12.2 Å². The molecule has 1 saturated carbocycles. The highest BCUT2D eigenvalue weighted by atomic mass is 35.5. The van der Waals surface area contributed by atoms with E-state index in [1.165, 1.54) is 54.6 Å². The summed E-state index contributed by atoms with van der Waals surface area (Å²) in [5.41, 5.74) is -3.66. The Balaban J connectivity index is 1.35.